The van der Waals surface area contributed by atoms with Crippen LogP contribution in [0.25, 0.3) is 11.0 Å². The number of rotatable bonds is 5. The number of fused-ring (bicyclic) bond motifs is 1. The Morgan fingerprint density at radius 1 is 1.03 bits per heavy atom. The molecule has 0 unspecified atom stereocenters. The molecule has 0 saturated carbocycles. The highest BCUT2D eigenvalue weighted by Crippen LogP contribution is 2.24. The third-order valence-corrected chi connectivity index (χ3v) is 5.82. The first-order chi connectivity index (χ1) is 13.5. The third kappa shape index (κ3) is 5.36. The molecule has 3 N–H and O–H groups in total. The van der Waals surface area contributed by atoms with Crippen molar-refractivity contribution in [3.05, 3.63) is 60.4 Å². The number of carbonyl (C=O) groups is 1. The summed E-state index contributed by atoms with van der Waals surface area (Å²) in [6, 6.07) is 14.8. The van der Waals surface area contributed by atoms with Gasteiger partial charge in [-0.25, -0.2) is 17.9 Å². The Bertz CT molecular complexity index is 1100. The smallest absolute Gasteiger partial charge is 0.319 e. The van der Waals surface area contributed by atoms with E-state index < -0.39 is 21.6 Å². The monoisotopic (exact) mass is 415 g/mol. The van der Waals surface area contributed by atoms with Gasteiger partial charge in [-0.1, -0.05) is 24.3 Å². The fraction of sp³-hybridized carbons (Fsp3) is 0.286. The fourth-order valence-corrected chi connectivity index (χ4v) is 4.32. The first-order valence-electron chi connectivity index (χ1n) is 9.23. The van der Waals surface area contributed by atoms with Crippen LogP contribution in [-0.4, -0.2) is 20.0 Å². The highest BCUT2D eigenvalue weighted by atomic mass is 32.2. The molecule has 0 saturated heterocycles. The molecule has 1 atom stereocenters. The van der Waals surface area contributed by atoms with Crippen LogP contribution < -0.4 is 15.4 Å². The second-order valence-corrected chi connectivity index (χ2v) is 9.57. The zero-order valence-corrected chi connectivity index (χ0v) is 17.6. The molecule has 3 aromatic rings. The van der Waals surface area contributed by atoms with E-state index in [-0.39, 0.29) is 10.9 Å². The van der Waals surface area contributed by atoms with Gasteiger partial charge in [0.15, 0.2) is 0 Å². The van der Waals surface area contributed by atoms with Gasteiger partial charge in [-0.2, -0.15) is 0 Å². The maximum atomic E-state index is 12.5. The molecule has 0 aliphatic carbocycles. The molecular formula is C21H25N3O4S. The minimum atomic E-state index is -3.69. The summed E-state index contributed by atoms with van der Waals surface area (Å²) in [5, 5.41) is 6.42. The Hall–Kier alpha value is -2.84. The van der Waals surface area contributed by atoms with Gasteiger partial charge in [0, 0.05) is 16.6 Å². The molecule has 2 aromatic carbocycles. The van der Waals surface area contributed by atoms with E-state index in [4.69, 9.17) is 4.42 Å². The molecule has 0 radical (unpaired) electrons. The Labute approximate surface area is 170 Å². The number of hydrogen-bond acceptors (Lipinski definition) is 4. The minimum absolute atomic E-state index is 0.0792. The van der Waals surface area contributed by atoms with Crippen LogP contribution in [0.1, 0.15) is 39.5 Å². The molecular weight excluding hydrogens is 390 g/mol. The van der Waals surface area contributed by atoms with Crippen molar-refractivity contribution in [2.24, 2.45) is 0 Å². The van der Waals surface area contributed by atoms with E-state index in [1.807, 2.05) is 37.3 Å². The van der Waals surface area contributed by atoms with Crippen molar-refractivity contribution in [1.82, 2.24) is 10.0 Å². The topological polar surface area (TPSA) is 100 Å². The summed E-state index contributed by atoms with van der Waals surface area (Å²) in [4.78, 5) is 12.5. The Morgan fingerprint density at radius 3 is 2.45 bits per heavy atom. The van der Waals surface area contributed by atoms with Crippen molar-refractivity contribution in [2.75, 3.05) is 5.32 Å². The maximum Gasteiger partial charge on any atom is 0.319 e. The standard InChI is InChI=1S/C21H25N3O4S/c1-14(19-12-15-8-5-6-11-18(15)28-19)22-20(25)23-16-9-7-10-17(13-16)29(26,27)24-21(2,3)4/h5-14,24H,1-4H3,(H2,22,23,25)/t14-/m1/s1. The third-order valence-electron chi connectivity index (χ3n) is 4.06. The summed E-state index contributed by atoms with van der Waals surface area (Å²) < 4.78 is 33.3. The molecule has 29 heavy (non-hydrogen) atoms. The van der Waals surface area contributed by atoms with Gasteiger partial charge in [-0.15, -0.1) is 0 Å². The summed E-state index contributed by atoms with van der Waals surface area (Å²) in [7, 11) is -3.69. The highest BCUT2D eigenvalue weighted by molar-refractivity contribution is 7.89. The second kappa shape index (κ2) is 7.88. The van der Waals surface area contributed by atoms with Crippen LogP contribution >= 0.6 is 0 Å². The van der Waals surface area contributed by atoms with E-state index in [0.717, 1.165) is 11.0 Å². The van der Waals surface area contributed by atoms with Crippen LogP contribution in [0.4, 0.5) is 10.5 Å². The van der Waals surface area contributed by atoms with Crippen LogP contribution in [0.5, 0.6) is 0 Å². The number of amides is 2. The van der Waals surface area contributed by atoms with E-state index >= 15 is 0 Å². The van der Waals surface area contributed by atoms with Gasteiger partial charge in [-0.05, 0) is 58.0 Å². The minimum Gasteiger partial charge on any atom is -0.459 e. The van der Waals surface area contributed by atoms with Gasteiger partial charge in [0.1, 0.15) is 11.3 Å². The first kappa shape index (κ1) is 20.9. The average Bonchev–Trinajstić information content (AvgIpc) is 3.04. The van der Waals surface area contributed by atoms with Crippen LogP contribution in [0.3, 0.4) is 0 Å². The lowest BCUT2D eigenvalue weighted by Crippen LogP contribution is -2.40. The molecule has 0 aliphatic heterocycles. The van der Waals surface area contributed by atoms with Crippen molar-refractivity contribution < 1.29 is 17.6 Å². The van der Waals surface area contributed by atoms with Crippen molar-refractivity contribution in [3.8, 4) is 0 Å². The van der Waals surface area contributed by atoms with Gasteiger partial charge in [0.2, 0.25) is 10.0 Å². The normalized spacial score (nSPS) is 13.2. The van der Waals surface area contributed by atoms with Gasteiger partial charge < -0.3 is 15.1 Å². The first-order valence-corrected chi connectivity index (χ1v) is 10.7. The zero-order valence-electron chi connectivity index (χ0n) is 16.8. The van der Waals surface area contributed by atoms with E-state index in [1.54, 1.807) is 32.9 Å². The Balaban J connectivity index is 1.69. The number of benzene rings is 2. The number of para-hydroxylation sites is 1. The number of urea groups is 1. The molecule has 2 amide bonds. The van der Waals surface area contributed by atoms with Crippen molar-refractivity contribution in [2.45, 2.75) is 44.2 Å². The van der Waals surface area contributed by atoms with Crippen molar-refractivity contribution in [1.29, 1.82) is 0 Å². The average molecular weight is 416 g/mol. The van der Waals surface area contributed by atoms with E-state index in [1.165, 1.54) is 12.1 Å². The van der Waals surface area contributed by atoms with Gasteiger partial charge >= 0.3 is 6.03 Å². The van der Waals surface area contributed by atoms with E-state index in [2.05, 4.69) is 15.4 Å². The fourth-order valence-electron chi connectivity index (χ4n) is 2.85. The van der Waals surface area contributed by atoms with Gasteiger partial charge in [-0.3, -0.25) is 0 Å². The number of nitrogens with one attached hydrogen (secondary N) is 3. The summed E-state index contributed by atoms with van der Waals surface area (Å²) in [5.41, 5.74) is 0.513. The van der Waals surface area contributed by atoms with Crippen molar-refractivity contribution >= 4 is 32.7 Å². The Morgan fingerprint density at radius 2 is 1.76 bits per heavy atom. The number of furan rings is 1. The molecule has 0 spiro atoms. The maximum absolute atomic E-state index is 12.5. The highest BCUT2D eigenvalue weighted by Gasteiger charge is 2.22. The summed E-state index contributed by atoms with van der Waals surface area (Å²) in [6.07, 6.45) is 0. The molecule has 1 heterocycles. The molecule has 8 heteroatoms. The SMILES string of the molecule is C[C@@H](NC(=O)Nc1cccc(S(=O)(=O)NC(C)(C)C)c1)c1cc2ccccc2o1. The van der Waals surface area contributed by atoms with Crippen LogP contribution in [0.15, 0.2) is 63.9 Å². The summed E-state index contributed by atoms with van der Waals surface area (Å²) in [6.45, 7) is 7.10. The molecule has 0 bridgehead atoms. The lowest BCUT2D eigenvalue weighted by atomic mass is 10.1. The number of carbonyl (C=O) groups excluding carboxylic acids is 1. The van der Waals surface area contributed by atoms with Crippen LogP contribution in [0, 0.1) is 0 Å². The molecule has 154 valence electrons. The number of sulfonamides is 1. The quantitative estimate of drug-likeness (QED) is 0.575. The van der Waals surface area contributed by atoms with E-state index in [9.17, 15) is 13.2 Å². The molecule has 3 rings (SSSR count). The molecule has 0 aliphatic rings. The molecule has 1 aromatic heterocycles. The Kier molecular flexibility index (Phi) is 5.68. The largest absolute Gasteiger partial charge is 0.459 e. The van der Waals surface area contributed by atoms with Crippen LogP contribution in [-0.2, 0) is 10.0 Å². The predicted octanol–water partition coefficient (Wildman–Crippen LogP) is 4.39. The summed E-state index contributed by atoms with van der Waals surface area (Å²) >= 11 is 0. The van der Waals surface area contributed by atoms with Crippen molar-refractivity contribution in [3.63, 3.8) is 0 Å². The predicted molar refractivity (Wildman–Crippen MR) is 113 cm³/mol. The molecule has 0 fully saturated rings. The van der Waals surface area contributed by atoms with Gasteiger partial charge in [0.25, 0.3) is 0 Å². The van der Waals surface area contributed by atoms with E-state index in [0.29, 0.717) is 11.4 Å². The second-order valence-electron chi connectivity index (χ2n) is 7.89. The number of hydrogen-bond donors (Lipinski definition) is 3. The summed E-state index contributed by atoms with van der Waals surface area (Å²) in [5.74, 6) is 0.632. The lowest BCUT2D eigenvalue weighted by molar-refractivity contribution is 0.248. The van der Waals surface area contributed by atoms with Crippen LogP contribution in [0.2, 0.25) is 0 Å². The molecule has 7 nitrogen and oxygen atoms in total. The number of anilines is 1. The lowest BCUT2D eigenvalue weighted by Gasteiger charge is -2.20. The zero-order chi connectivity index (χ0) is 21.2. The van der Waals surface area contributed by atoms with Gasteiger partial charge in [0.05, 0.1) is 10.9 Å².